The lowest BCUT2D eigenvalue weighted by molar-refractivity contribution is -0.129. The molecule has 1 atom stereocenters. The lowest BCUT2D eigenvalue weighted by Crippen LogP contribution is -2.28. The highest BCUT2D eigenvalue weighted by molar-refractivity contribution is 9.10. The Balaban J connectivity index is 1.95. The number of carbonyl (C=O) groups excluding carboxylic acids is 1. The van der Waals surface area contributed by atoms with E-state index in [-0.39, 0.29) is 5.91 Å². The maximum Gasteiger partial charge on any atom is 0.253 e. The van der Waals surface area contributed by atoms with Crippen LogP contribution < -0.4 is 5.32 Å². The van der Waals surface area contributed by atoms with Gasteiger partial charge in [0.2, 0.25) is 0 Å². The van der Waals surface area contributed by atoms with Gasteiger partial charge in [-0.3, -0.25) is 4.79 Å². The zero-order valence-electron chi connectivity index (χ0n) is 9.47. The van der Waals surface area contributed by atoms with E-state index in [2.05, 4.69) is 21.2 Å². The van der Waals surface area contributed by atoms with Gasteiger partial charge in [0.15, 0.2) is 6.10 Å². The molecule has 5 heteroatoms. The summed E-state index contributed by atoms with van der Waals surface area (Å²) in [4.78, 5) is 12.8. The van der Waals surface area contributed by atoms with Crippen LogP contribution in [-0.2, 0) is 11.3 Å². The summed E-state index contributed by atoms with van der Waals surface area (Å²) in [6, 6.07) is 10.8. The lowest BCUT2D eigenvalue weighted by atomic mass is 10.1. The summed E-state index contributed by atoms with van der Waals surface area (Å²) in [6.45, 7) is 0.418. The number of hydrogen-bond acceptors (Lipinski definition) is 3. The van der Waals surface area contributed by atoms with Gasteiger partial charge < -0.3 is 10.4 Å². The van der Waals surface area contributed by atoms with Gasteiger partial charge in [-0.05, 0) is 32.9 Å². The molecule has 0 aliphatic rings. The molecule has 1 unspecified atom stereocenters. The summed E-state index contributed by atoms with van der Waals surface area (Å²) in [5.74, 6) is -0.387. The van der Waals surface area contributed by atoms with Crippen molar-refractivity contribution in [2.75, 3.05) is 0 Å². The number of aliphatic hydroxyl groups excluding tert-OH is 1. The Morgan fingerprint density at radius 1 is 1.33 bits per heavy atom. The first kappa shape index (κ1) is 13.3. The van der Waals surface area contributed by atoms with Crippen molar-refractivity contribution < 1.29 is 9.90 Å². The molecule has 0 bridgehead atoms. The molecule has 2 rings (SSSR count). The van der Waals surface area contributed by atoms with Crippen LogP contribution in [0.2, 0.25) is 0 Å². The number of hydrogen-bond donors (Lipinski definition) is 2. The zero-order chi connectivity index (χ0) is 13.0. The fraction of sp³-hybridized carbons (Fsp3) is 0.154. The molecular formula is C13H12BrNO2S. The minimum Gasteiger partial charge on any atom is -0.378 e. The molecule has 1 aromatic heterocycles. The van der Waals surface area contributed by atoms with Gasteiger partial charge in [-0.15, -0.1) is 11.3 Å². The second-order valence-electron chi connectivity index (χ2n) is 3.72. The summed E-state index contributed by atoms with van der Waals surface area (Å²) in [5, 5.41) is 14.5. The van der Waals surface area contributed by atoms with E-state index in [4.69, 9.17) is 0 Å². The van der Waals surface area contributed by atoms with Crippen molar-refractivity contribution in [1.82, 2.24) is 5.32 Å². The van der Waals surface area contributed by atoms with Crippen LogP contribution in [-0.4, -0.2) is 11.0 Å². The quantitative estimate of drug-likeness (QED) is 0.908. The van der Waals surface area contributed by atoms with Crippen LogP contribution in [0, 0.1) is 0 Å². The lowest BCUT2D eigenvalue weighted by Gasteiger charge is -2.11. The monoisotopic (exact) mass is 325 g/mol. The molecule has 0 saturated heterocycles. The Bertz CT molecular complexity index is 527. The number of rotatable bonds is 4. The SMILES string of the molecule is O=C(NCc1sccc1Br)C(O)c1ccccc1. The fourth-order valence-electron chi connectivity index (χ4n) is 1.50. The van der Waals surface area contributed by atoms with Gasteiger partial charge in [0.25, 0.3) is 5.91 Å². The summed E-state index contributed by atoms with van der Waals surface area (Å²) in [5.41, 5.74) is 0.597. The summed E-state index contributed by atoms with van der Waals surface area (Å²) in [6.07, 6.45) is -1.12. The first-order valence-electron chi connectivity index (χ1n) is 5.41. The third kappa shape index (κ3) is 3.19. The first-order chi connectivity index (χ1) is 8.68. The molecule has 0 fully saturated rings. The third-order valence-electron chi connectivity index (χ3n) is 2.48. The van der Waals surface area contributed by atoms with E-state index in [9.17, 15) is 9.90 Å². The third-order valence-corrected chi connectivity index (χ3v) is 4.40. The van der Waals surface area contributed by atoms with E-state index in [0.717, 1.165) is 9.35 Å². The van der Waals surface area contributed by atoms with Gasteiger partial charge in [-0.25, -0.2) is 0 Å². The highest BCUT2D eigenvalue weighted by Crippen LogP contribution is 2.22. The van der Waals surface area contributed by atoms with E-state index in [1.54, 1.807) is 35.6 Å². The second kappa shape index (κ2) is 6.13. The Morgan fingerprint density at radius 2 is 2.06 bits per heavy atom. The fourth-order valence-corrected chi connectivity index (χ4v) is 2.93. The maximum atomic E-state index is 11.8. The molecule has 0 aliphatic heterocycles. The Morgan fingerprint density at radius 3 is 2.67 bits per heavy atom. The van der Waals surface area contributed by atoms with Crippen molar-refractivity contribution in [1.29, 1.82) is 0 Å². The average molecular weight is 326 g/mol. The molecule has 0 aliphatic carbocycles. The van der Waals surface area contributed by atoms with Gasteiger partial charge in [0, 0.05) is 9.35 Å². The molecule has 1 amide bonds. The second-order valence-corrected chi connectivity index (χ2v) is 5.58. The molecule has 18 heavy (non-hydrogen) atoms. The highest BCUT2D eigenvalue weighted by Gasteiger charge is 2.16. The number of thiophene rings is 1. The molecule has 0 radical (unpaired) electrons. The average Bonchev–Trinajstić information content (AvgIpc) is 2.81. The molecule has 2 aromatic rings. The standard InChI is InChI=1S/C13H12BrNO2S/c14-10-6-7-18-11(10)8-15-13(17)12(16)9-4-2-1-3-5-9/h1-7,12,16H,8H2,(H,15,17). The van der Waals surface area contributed by atoms with Crippen LogP contribution in [0.4, 0.5) is 0 Å². The molecule has 1 aromatic carbocycles. The van der Waals surface area contributed by atoms with Crippen molar-refractivity contribution in [3.05, 3.63) is 56.7 Å². The summed E-state index contributed by atoms with van der Waals surface area (Å²) >= 11 is 4.95. The van der Waals surface area contributed by atoms with E-state index in [1.165, 1.54) is 0 Å². The minimum atomic E-state index is -1.12. The predicted molar refractivity (Wildman–Crippen MR) is 75.3 cm³/mol. The van der Waals surface area contributed by atoms with Crippen molar-refractivity contribution in [2.45, 2.75) is 12.6 Å². The Kier molecular flexibility index (Phi) is 4.52. The van der Waals surface area contributed by atoms with Crippen molar-refractivity contribution in [3.8, 4) is 0 Å². The van der Waals surface area contributed by atoms with Crippen LogP contribution in [0.15, 0.2) is 46.3 Å². The van der Waals surface area contributed by atoms with Crippen LogP contribution in [0.3, 0.4) is 0 Å². The number of amides is 1. The maximum absolute atomic E-state index is 11.8. The van der Waals surface area contributed by atoms with Crippen LogP contribution >= 0.6 is 27.3 Å². The molecule has 94 valence electrons. The van der Waals surface area contributed by atoms with Crippen molar-refractivity contribution in [2.24, 2.45) is 0 Å². The van der Waals surface area contributed by atoms with Crippen molar-refractivity contribution >= 4 is 33.2 Å². The molecule has 0 spiro atoms. The Labute approximate surface area is 118 Å². The number of carbonyl (C=O) groups is 1. The molecule has 3 nitrogen and oxygen atoms in total. The van der Waals surface area contributed by atoms with Gasteiger partial charge in [0.1, 0.15) is 0 Å². The summed E-state index contributed by atoms with van der Waals surface area (Å²) < 4.78 is 0.974. The van der Waals surface area contributed by atoms with Gasteiger partial charge in [-0.2, -0.15) is 0 Å². The number of aliphatic hydroxyl groups is 1. The smallest absolute Gasteiger partial charge is 0.253 e. The molecule has 1 heterocycles. The number of halogens is 1. The largest absolute Gasteiger partial charge is 0.378 e. The predicted octanol–water partition coefficient (Wildman–Crippen LogP) is 2.86. The van der Waals surface area contributed by atoms with E-state index in [0.29, 0.717) is 12.1 Å². The topological polar surface area (TPSA) is 49.3 Å². The van der Waals surface area contributed by atoms with Gasteiger partial charge in [-0.1, -0.05) is 30.3 Å². The zero-order valence-corrected chi connectivity index (χ0v) is 11.9. The molecule has 0 saturated carbocycles. The highest BCUT2D eigenvalue weighted by atomic mass is 79.9. The first-order valence-corrected chi connectivity index (χ1v) is 7.08. The normalized spacial score (nSPS) is 12.1. The molecular weight excluding hydrogens is 314 g/mol. The van der Waals surface area contributed by atoms with Crippen LogP contribution in [0.5, 0.6) is 0 Å². The Hall–Kier alpha value is -1.17. The number of benzene rings is 1. The van der Waals surface area contributed by atoms with E-state index >= 15 is 0 Å². The van der Waals surface area contributed by atoms with Gasteiger partial charge in [0.05, 0.1) is 6.54 Å². The molecule has 2 N–H and O–H groups in total. The van der Waals surface area contributed by atoms with E-state index < -0.39 is 6.10 Å². The van der Waals surface area contributed by atoms with Crippen LogP contribution in [0.25, 0.3) is 0 Å². The summed E-state index contributed by atoms with van der Waals surface area (Å²) in [7, 11) is 0. The van der Waals surface area contributed by atoms with E-state index in [1.807, 2.05) is 17.5 Å². The minimum absolute atomic E-state index is 0.387. The van der Waals surface area contributed by atoms with Gasteiger partial charge >= 0.3 is 0 Å². The van der Waals surface area contributed by atoms with Crippen LogP contribution in [0.1, 0.15) is 16.5 Å². The van der Waals surface area contributed by atoms with Crippen molar-refractivity contribution in [3.63, 3.8) is 0 Å². The number of nitrogens with one attached hydrogen (secondary N) is 1.